The number of rotatable bonds is 1. The highest BCUT2D eigenvalue weighted by molar-refractivity contribution is 6.32. The van der Waals surface area contributed by atoms with Crippen LogP contribution in [0.5, 0.6) is 0 Å². The third kappa shape index (κ3) is 1.52. The summed E-state index contributed by atoms with van der Waals surface area (Å²) in [6, 6.07) is 4.43. The van der Waals surface area contributed by atoms with E-state index in [1.807, 2.05) is 0 Å². The van der Waals surface area contributed by atoms with Crippen LogP contribution in [-0.4, -0.2) is 9.67 Å². The molecular weight excluding hydrogens is 217 g/mol. The zero-order valence-electron chi connectivity index (χ0n) is 8.46. The van der Waals surface area contributed by atoms with E-state index in [0.29, 0.717) is 16.1 Å². The second kappa shape index (κ2) is 3.51. The van der Waals surface area contributed by atoms with Crippen molar-refractivity contribution in [3.63, 3.8) is 0 Å². The predicted octanol–water partition coefficient (Wildman–Crippen LogP) is 3.02. The quantitative estimate of drug-likeness (QED) is 0.796. The van der Waals surface area contributed by atoms with E-state index in [4.69, 9.17) is 11.6 Å². The van der Waals surface area contributed by atoms with Crippen LogP contribution in [-0.2, 0) is 7.05 Å². The van der Waals surface area contributed by atoms with Crippen molar-refractivity contribution in [3.05, 3.63) is 34.7 Å². The number of aromatic nitrogens is 1. The van der Waals surface area contributed by atoms with Gasteiger partial charge in [-0.1, -0.05) is 11.6 Å². The van der Waals surface area contributed by atoms with E-state index in [1.165, 1.54) is 12.1 Å². The maximum Gasteiger partial charge on any atom is 0.123 e. The molecule has 0 aliphatic rings. The smallest absolute Gasteiger partial charge is 0.123 e. The molecule has 0 aliphatic heterocycles. The highest BCUT2D eigenvalue weighted by atomic mass is 35.5. The number of hydrogen-bond donors (Lipinski definition) is 1. The molecule has 1 unspecified atom stereocenters. The molecule has 0 saturated heterocycles. The second-order valence-corrected chi connectivity index (χ2v) is 3.96. The lowest BCUT2D eigenvalue weighted by atomic mass is 10.1. The summed E-state index contributed by atoms with van der Waals surface area (Å²) in [5, 5.41) is 10.7. The fourth-order valence-corrected chi connectivity index (χ4v) is 2.16. The van der Waals surface area contributed by atoms with Crippen molar-refractivity contribution in [2.24, 2.45) is 7.05 Å². The van der Waals surface area contributed by atoms with Crippen LogP contribution in [0.3, 0.4) is 0 Å². The fourth-order valence-electron chi connectivity index (χ4n) is 1.81. The van der Waals surface area contributed by atoms with E-state index in [0.717, 1.165) is 5.52 Å². The van der Waals surface area contributed by atoms with Gasteiger partial charge in [0.2, 0.25) is 0 Å². The first-order valence-corrected chi connectivity index (χ1v) is 5.01. The number of aliphatic hydroxyl groups is 1. The molecule has 0 radical (unpaired) electrons. The van der Waals surface area contributed by atoms with Gasteiger partial charge in [0.05, 0.1) is 6.10 Å². The molecule has 2 aromatic rings. The number of benzene rings is 1. The zero-order valence-corrected chi connectivity index (χ0v) is 9.22. The van der Waals surface area contributed by atoms with Crippen molar-refractivity contribution in [2.45, 2.75) is 13.0 Å². The van der Waals surface area contributed by atoms with Crippen LogP contribution in [0.25, 0.3) is 10.9 Å². The SMILES string of the molecule is CC(O)c1c(Cl)n(C)c2ccc(F)cc12. The monoisotopic (exact) mass is 227 g/mol. The lowest BCUT2D eigenvalue weighted by Crippen LogP contribution is -1.91. The van der Waals surface area contributed by atoms with Gasteiger partial charge in [-0.05, 0) is 25.1 Å². The topological polar surface area (TPSA) is 25.2 Å². The van der Waals surface area contributed by atoms with Crippen molar-refractivity contribution in [1.82, 2.24) is 4.57 Å². The molecule has 2 rings (SSSR count). The molecule has 15 heavy (non-hydrogen) atoms. The first-order chi connectivity index (χ1) is 7.02. The molecular formula is C11H11ClFNO. The summed E-state index contributed by atoms with van der Waals surface area (Å²) in [6.07, 6.45) is -0.706. The molecule has 1 atom stereocenters. The van der Waals surface area contributed by atoms with E-state index >= 15 is 0 Å². The van der Waals surface area contributed by atoms with Crippen molar-refractivity contribution in [2.75, 3.05) is 0 Å². The molecule has 80 valence electrons. The molecule has 4 heteroatoms. The van der Waals surface area contributed by atoms with E-state index in [-0.39, 0.29) is 5.82 Å². The molecule has 0 fully saturated rings. The summed E-state index contributed by atoms with van der Waals surface area (Å²) in [5.74, 6) is -0.327. The average Bonchev–Trinajstić information content (AvgIpc) is 2.39. The van der Waals surface area contributed by atoms with Crippen molar-refractivity contribution >= 4 is 22.5 Å². The van der Waals surface area contributed by atoms with Crippen LogP contribution in [0, 0.1) is 5.82 Å². The van der Waals surface area contributed by atoms with Gasteiger partial charge in [0, 0.05) is 23.5 Å². The van der Waals surface area contributed by atoms with Gasteiger partial charge in [-0.2, -0.15) is 0 Å². The van der Waals surface area contributed by atoms with Crippen LogP contribution in [0.15, 0.2) is 18.2 Å². The maximum atomic E-state index is 13.1. The minimum atomic E-state index is -0.706. The van der Waals surface area contributed by atoms with Crippen LogP contribution >= 0.6 is 11.6 Å². The van der Waals surface area contributed by atoms with Gasteiger partial charge < -0.3 is 9.67 Å². The molecule has 1 aromatic heterocycles. The predicted molar refractivity (Wildman–Crippen MR) is 58.5 cm³/mol. The summed E-state index contributed by atoms with van der Waals surface area (Å²) in [5.41, 5.74) is 1.39. The molecule has 1 aromatic carbocycles. The Morgan fingerprint density at radius 1 is 1.47 bits per heavy atom. The molecule has 1 heterocycles. The lowest BCUT2D eigenvalue weighted by molar-refractivity contribution is 0.201. The van der Waals surface area contributed by atoms with Crippen molar-refractivity contribution in [3.8, 4) is 0 Å². The van der Waals surface area contributed by atoms with Crippen molar-refractivity contribution in [1.29, 1.82) is 0 Å². The molecule has 0 saturated carbocycles. The maximum absolute atomic E-state index is 13.1. The van der Waals surface area contributed by atoms with Gasteiger partial charge in [-0.3, -0.25) is 0 Å². The Morgan fingerprint density at radius 2 is 2.13 bits per heavy atom. The Labute approximate surface area is 91.9 Å². The van der Waals surface area contributed by atoms with Crippen LogP contribution in [0.4, 0.5) is 4.39 Å². The number of aryl methyl sites for hydroxylation is 1. The molecule has 0 spiro atoms. The Kier molecular flexibility index (Phi) is 2.44. The van der Waals surface area contributed by atoms with Gasteiger partial charge in [0.1, 0.15) is 11.0 Å². The fraction of sp³-hybridized carbons (Fsp3) is 0.273. The Balaban J connectivity index is 2.88. The molecule has 0 amide bonds. The Morgan fingerprint density at radius 3 is 2.73 bits per heavy atom. The molecule has 2 nitrogen and oxygen atoms in total. The van der Waals surface area contributed by atoms with Crippen LogP contribution < -0.4 is 0 Å². The van der Waals surface area contributed by atoms with Crippen LogP contribution in [0.1, 0.15) is 18.6 Å². The number of fused-ring (bicyclic) bond motifs is 1. The van der Waals surface area contributed by atoms with Gasteiger partial charge >= 0.3 is 0 Å². The number of aliphatic hydroxyl groups excluding tert-OH is 1. The summed E-state index contributed by atoms with van der Waals surface area (Å²) >= 11 is 6.06. The number of hydrogen-bond acceptors (Lipinski definition) is 1. The largest absolute Gasteiger partial charge is 0.389 e. The zero-order chi connectivity index (χ0) is 11.2. The first-order valence-electron chi connectivity index (χ1n) is 4.63. The average molecular weight is 228 g/mol. The number of nitrogens with zero attached hydrogens (tertiary/aromatic N) is 1. The van der Waals surface area contributed by atoms with Gasteiger partial charge in [0.15, 0.2) is 0 Å². The van der Waals surface area contributed by atoms with Gasteiger partial charge in [-0.25, -0.2) is 4.39 Å². The minimum Gasteiger partial charge on any atom is -0.389 e. The summed E-state index contributed by atoms with van der Waals surface area (Å²) in [4.78, 5) is 0. The highest BCUT2D eigenvalue weighted by Gasteiger charge is 2.17. The summed E-state index contributed by atoms with van der Waals surface area (Å²) in [6.45, 7) is 1.62. The van der Waals surface area contributed by atoms with E-state index in [1.54, 1.807) is 24.6 Å². The van der Waals surface area contributed by atoms with Crippen molar-refractivity contribution < 1.29 is 9.50 Å². The van der Waals surface area contributed by atoms with E-state index in [2.05, 4.69) is 0 Å². The Bertz CT molecular complexity index is 519. The Hall–Kier alpha value is -1.06. The summed E-state index contributed by atoms with van der Waals surface area (Å²) in [7, 11) is 1.79. The van der Waals surface area contributed by atoms with Gasteiger partial charge in [0.25, 0.3) is 0 Å². The molecule has 0 aliphatic carbocycles. The highest BCUT2D eigenvalue weighted by Crippen LogP contribution is 2.33. The minimum absolute atomic E-state index is 0.327. The standard InChI is InChI=1S/C11H11ClFNO/c1-6(15)10-8-5-7(13)3-4-9(8)14(2)11(10)12/h3-6,15H,1-2H3. The lowest BCUT2D eigenvalue weighted by Gasteiger charge is -2.03. The molecule has 1 N–H and O–H groups in total. The van der Waals surface area contributed by atoms with E-state index in [9.17, 15) is 9.50 Å². The summed E-state index contributed by atoms with van der Waals surface area (Å²) < 4.78 is 14.8. The van der Waals surface area contributed by atoms with Crippen LogP contribution in [0.2, 0.25) is 5.15 Å². The van der Waals surface area contributed by atoms with E-state index < -0.39 is 6.10 Å². The van der Waals surface area contributed by atoms with Gasteiger partial charge in [-0.15, -0.1) is 0 Å². The third-order valence-electron chi connectivity index (χ3n) is 2.54. The molecule has 0 bridgehead atoms. The first kappa shape index (κ1) is 10.5. The second-order valence-electron chi connectivity index (χ2n) is 3.60. The number of halogens is 2. The normalized spacial score (nSPS) is 13.4. The third-order valence-corrected chi connectivity index (χ3v) is 3.00.